The summed E-state index contributed by atoms with van der Waals surface area (Å²) in [5.74, 6) is -0.705. The summed E-state index contributed by atoms with van der Waals surface area (Å²) in [7, 11) is -3.60. The van der Waals surface area contributed by atoms with Crippen LogP contribution in [-0.4, -0.2) is 42.5 Å². The first-order chi connectivity index (χ1) is 10.3. The van der Waals surface area contributed by atoms with E-state index in [-0.39, 0.29) is 6.42 Å². The van der Waals surface area contributed by atoms with E-state index in [4.69, 9.17) is 4.74 Å². The Bertz CT molecular complexity index is 649. The number of rotatable bonds is 7. The molecule has 23 heavy (non-hydrogen) atoms. The average molecular weight is 456 g/mol. The first kappa shape index (κ1) is 20.4. The number of aromatic amines is 1. The van der Waals surface area contributed by atoms with E-state index in [1.165, 1.54) is 6.92 Å². The number of carbonyl (C=O) groups is 1. The van der Waals surface area contributed by atoms with Crippen LogP contribution in [0.15, 0.2) is 12.3 Å². The molecule has 0 radical (unpaired) electrons. The smallest absolute Gasteiger partial charge is 0.327 e. The van der Waals surface area contributed by atoms with E-state index in [1.807, 2.05) is 12.3 Å². The first-order valence-corrected chi connectivity index (χ1v) is 10.3. The van der Waals surface area contributed by atoms with Crippen LogP contribution in [0.5, 0.6) is 0 Å². The zero-order valence-corrected chi connectivity index (χ0v) is 17.2. The predicted octanol–water partition coefficient (Wildman–Crippen LogP) is 2.24. The summed E-state index contributed by atoms with van der Waals surface area (Å²) in [4.78, 5) is 15.5. The molecular formula is C15H25IN2O4S. The molecule has 1 atom stereocenters. The van der Waals surface area contributed by atoms with Crippen molar-refractivity contribution in [3.63, 3.8) is 0 Å². The molecular weight excluding hydrogens is 431 g/mol. The Balaban J connectivity index is 2.70. The molecule has 132 valence electrons. The molecule has 1 heterocycles. The lowest BCUT2D eigenvalue weighted by atomic mass is 10.1. The minimum absolute atomic E-state index is 0.151. The average Bonchev–Trinajstić information content (AvgIpc) is 2.76. The minimum Gasteiger partial charge on any atom is -0.459 e. The van der Waals surface area contributed by atoms with Gasteiger partial charge in [0.1, 0.15) is 5.60 Å². The van der Waals surface area contributed by atoms with Crippen molar-refractivity contribution in [2.45, 2.75) is 51.0 Å². The van der Waals surface area contributed by atoms with E-state index in [1.54, 1.807) is 20.8 Å². The highest BCUT2D eigenvalue weighted by Crippen LogP contribution is 2.25. The molecule has 1 aromatic heterocycles. The lowest BCUT2D eigenvalue weighted by Gasteiger charge is -2.30. The summed E-state index contributed by atoms with van der Waals surface area (Å²) < 4.78 is 29.1. The maximum absolute atomic E-state index is 12.4. The maximum atomic E-state index is 12.4. The van der Waals surface area contributed by atoms with E-state index in [0.717, 1.165) is 15.5 Å². The topological polar surface area (TPSA) is 88.3 Å². The Kier molecular flexibility index (Phi) is 6.68. The van der Waals surface area contributed by atoms with Crippen LogP contribution in [0.3, 0.4) is 0 Å². The van der Waals surface area contributed by atoms with Crippen molar-refractivity contribution >= 4 is 38.4 Å². The molecule has 1 aromatic rings. The Hall–Kier alpha value is -0.610. The van der Waals surface area contributed by atoms with Crippen molar-refractivity contribution in [3.8, 4) is 0 Å². The van der Waals surface area contributed by atoms with E-state index >= 15 is 0 Å². The van der Waals surface area contributed by atoms with Crippen LogP contribution in [-0.2, 0) is 25.9 Å². The van der Waals surface area contributed by atoms with Crippen LogP contribution in [0.1, 0.15) is 39.8 Å². The maximum Gasteiger partial charge on any atom is 0.327 e. The molecule has 0 fully saturated rings. The summed E-state index contributed by atoms with van der Waals surface area (Å²) in [6, 6.07) is 2.00. The van der Waals surface area contributed by atoms with Crippen molar-refractivity contribution in [1.29, 1.82) is 0 Å². The molecule has 1 rings (SSSR count). The Morgan fingerprint density at radius 1 is 1.35 bits per heavy atom. The number of H-pyrrole nitrogens is 1. The third kappa shape index (κ3) is 6.07. The van der Waals surface area contributed by atoms with Crippen LogP contribution in [0.4, 0.5) is 0 Å². The van der Waals surface area contributed by atoms with Gasteiger partial charge < -0.3 is 15.0 Å². The zero-order valence-electron chi connectivity index (χ0n) is 14.2. The summed E-state index contributed by atoms with van der Waals surface area (Å²) in [6.07, 6.45) is 3.11. The number of hydrogen-bond acceptors (Lipinski definition) is 5. The summed E-state index contributed by atoms with van der Waals surface area (Å²) in [5, 5.41) is 3.15. The molecule has 0 saturated carbocycles. The van der Waals surface area contributed by atoms with E-state index in [9.17, 15) is 13.2 Å². The van der Waals surface area contributed by atoms with Gasteiger partial charge in [-0.2, -0.15) is 0 Å². The molecule has 0 bridgehead atoms. The fourth-order valence-electron chi connectivity index (χ4n) is 1.89. The van der Waals surface area contributed by atoms with Crippen molar-refractivity contribution < 1.29 is 17.9 Å². The lowest BCUT2D eigenvalue weighted by Crippen LogP contribution is -2.48. The standard InChI is InChI=1S/C15H25IN2O4S/c1-14(2,3)22-13(19)15(4,23(5,20)21)6-7-17-10-12-8-11(16)9-18-12/h8-9,17-18H,6-7,10H2,1-5H3. The zero-order chi connectivity index (χ0) is 17.9. The fourth-order valence-corrected chi connectivity index (χ4v) is 3.24. The second-order valence-electron chi connectivity index (χ2n) is 6.77. The van der Waals surface area contributed by atoms with Crippen LogP contribution in [0.25, 0.3) is 0 Å². The van der Waals surface area contributed by atoms with Gasteiger partial charge in [0.2, 0.25) is 0 Å². The van der Waals surface area contributed by atoms with Crippen LogP contribution < -0.4 is 5.32 Å². The van der Waals surface area contributed by atoms with Crippen molar-refractivity contribution in [2.75, 3.05) is 12.8 Å². The number of hydrogen-bond donors (Lipinski definition) is 2. The number of ether oxygens (including phenoxy) is 1. The lowest BCUT2D eigenvalue weighted by molar-refractivity contribution is -0.157. The third-order valence-electron chi connectivity index (χ3n) is 3.45. The Morgan fingerprint density at radius 2 is 1.96 bits per heavy atom. The summed E-state index contributed by atoms with van der Waals surface area (Å²) >= 11 is 2.21. The van der Waals surface area contributed by atoms with Gasteiger partial charge in [-0.15, -0.1) is 0 Å². The number of sulfone groups is 1. The molecule has 0 spiro atoms. The van der Waals surface area contributed by atoms with Crippen LogP contribution in [0.2, 0.25) is 0 Å². The number of esters is 1. The monoisotopic (exact) mass is 456 g/mol. The molecule has 0 aliphatic heterocycles. The van der Waals surface area contributed by atoms with Gasteiger partial charge in [0.15, 0.2) is 14.6 Å². The van der Waals surface area contributed by atoms with E-state index in [2.05, 4.69) is 32.9 Å². The largest absolute Gasteiger partial charge is 0.459 e. The fraction of sp³-hybridized carbons (Fsp3) is 0.667. The molecule has 0 aliphatic rings. The Labute approximate surface area is 151 Å². The molecule has 0 aliphatic carbocycles. The molecule has 2 N–H and O–H groups in total. The number of carbonyl (C=O) groups excluding carboxylic acids is 1. The number of nitrogens with one attached hydrogen (secondary N) is 2. The van der Waals surface area contributed by atoms with E-state index in [0.29, 0.717) is 13.1 Å². The van der Waals surface area contributed by atoms with Gasteiger partial charge in [-0.05, 0) is 69.3 Å². The summed E-state index contributed by atoms with van der Waals surface area (Å²) in [5.41, 5.74) is 0.282. The molecule has 0 aromatic carbocycles. The van der Waals surface area contributed by atoms with Gasteiger partial charge in [-0.1, -0.05) is 0 Å². The Morgan fingerprint density at radius 3 is 2.39 bits per heavy atom. The molecule has 0 saturated heterocycles. The van der Waals surface area contributed by atoms with Gasteiger partial charge in [-0.3, -0.25) is 4.79 Å². The van der Waals surface area contributed by atoms with Crippen LogP contribution >= 0.6 is 22.6 Å². The highest BCUT2D eigenvalue weighted by molar-refractivity contribution is 14.1. The van der Waals surface area contributed by atoms with Crippen molar-refractivity contribution in [1.82, 2.24) is 10.3 Å². The molecule has 6 nitrogen and oxygen atoms in total. The van der Waals surface area contributed by atoms with Gasteiger partial charge in [0.25, 0.3) is 0 Å². The second kappa shape index (κ2) is 7.52. The highest BCUT2D eigenvalue weighted by Gasteiger charge is 2.45. The summed E-state index contributed by atoms with van der Waals surface area (Å²) in [6.45, 7) is 7.56. The third-order valence-corrected chi connectivity index (χ3v) is 6.08. The van der Waals surface area contributed by atoms with Gasteiger partial charge >= 0.3 is 5.97 Å². The van der Waals surface area contributed by atoms with Gasteiger partial charge in [0, 0.05) is 28.3 Å². The normalized spacial score (nSPS) is 15.2. The van der Waals surface area contributed by atoms with E-state index < -0.39 is 26.2 Å². The van der Waals surface area contributed by atoms with Gasteiger partial charge in [-0.25, -0.2) is 8.42 Å². The van der Waals surface area contributed by atoms with Crippen molar-refractivity contribution in [3.05, 3.63) is 21.5 Å². The van der Waals surface area contributed by atoms with Crippen molar-refractivity contribution in [2.24, 2.45) is 0 Å². The molecule has 0 amide bonds. The SMILES string of the molecule is CC(C)(C)OC(=O)C(C)(CCNCc1cc(I)c[nH]1)S(C)(=O)=O. The quantitative estimate of drug-likeness (QED) is 0.373. The second-order valence-corrected chi connectivity index (χ2v) is 10.5. The predicted molar refractivity (Wildman–Crippen MR) is 98.9 cm³/mol. The number of halogens is 1. The minimum atomic E-state index is -3.60. The van der Waals surface area contributed by atoms with Crippen LogP contribution in [0, 0.1) is 3.57 Å². The first-order valence-electron chi connectivity index (χ1n) is 7.32. The molecule has 8 heteroatoms. The highest BCUT2D eigenvalue weighted by atomic mass is 127. The molecule has 1 unspecified atom stereocenters. The number of aromatic nitrogens is 1. The van der Waals surface area contributed by atoms with Gasteiger partial charge in [0.05, 0.1) is 0 Å².